The fourth-order valence-electron chi connectivity index (χ4n) is 4.11. The highest BCUT2D eigenvalue weighted by Crippen LogP contribution is 2.42. The second kappa shape index (κ2) is 9.50. The van der Waals surface area contributed by atoms with Gasteiger partial charge in [-0.2, -0.15) is 4.68 Å². The van der Waals surface area contributed by atoms with Crippen molar-refractivity contribution in [1.82, 2.24) is 30.2 Å². The van der Waals surface area contributed by atoms with Gasteiger partial charge < -0.3 is 10.8 Å². The van der Waals surface area contributed by atoms with Gasteiger partial charge in [0.1, 0.15) is 11.4 Å². The average molecular weight is 486 g/mol. The monoisotopic (exact) mass is 485 g/mol. The number of nitrogens with zero attached hydrogens (tertiary/aromatic N) is 8. The number of carbonyl (C=O) groups is 1. The summed E-state index contributed by atoms with van der Waals surface area (Å²) in [7, 11) is 0. The van der Waals surface area contributed by atoms with E-state index >= 15 is 0 Å². The molecule has 2 aromatic heterocycles. The van der Waals surface area contributed by atoms with Crippen LogP contribution in [0.2, 0.25) is 0 Å². The van der Waals surface area contributed by atoms with Crippen LogP contribution in [0.25, 0.3) is 27.4 Å². The van der Waals surface area contributed by atoms with E-state index in [-0.39, 0.29) is 23.1 Å². The normalized spacial score (nSPS) is 11.9. The van der Waals surface area contributed by atoms with E-state index in [4.69, 9.17) is 10.4 Å². The third-order valence-electron chi connectivity index (χ3n) is 6.05. The first-order valence-corrected chi connectivity index (χ1v) is 11.4. The summed E-state index contributed by atoms with van der Waals surface area (Å²) in [6.45, 7) is 5.81. The van der Waals surface area contributed by atoms with Crippen LogP contribution >= 0.6 is 0 Å². The molecule has 0 aliphatic carbocycles. The molecule has 0 aliphatic heterocycles. The number of carbonyl (C=O) groups excluding carboxylic acids is 1. The van der Waals surface area contributed by atoms with Crippen LogP contribution in [0, 0.1) is 0 Å². The molecule has 5 rings (SSSR count). The Kier molecular flexibility index (Phi) is 6.09. The fraction of sp³-hybridized carbons (Fsp3) is 0.208. The number of hydrogen-bond acceptors (Lipinski definition) is 10. The Morgan fingerprint density at radius 2 is 1.64 bits per heavy atom. The molecule has 0 radical (unpaired) electrons. The van der Waals surface area contributed by atoms with Gasteiger partial charge in [-0.05, 0) is 23.4 Å². The van der Waals surface area contributed by atoms with Crippen LogP contribution in [0.5, 0.6) is 5.75 Å². The van der Waals surface area contributed by atoms with Gasteiger partial charge in [0.05, 0.1) is 5.69 Å². The van der Waals surface area contributed by atoms with E-state index < -0.39 is 5.91 Å². The van der Waals surface area contributed by atoms with E-state index in [0.717, 1.165) is 13.1 Å². The standard InChI is InChI=1S/C24H23N9O3/c1-3-32(4-2)13-18-20(27-31-33(18)23-22(25)29-36-30-23)24(35)28-26-19-14-9-5-7-11-16(14)21(34)17-12-8-6-10-15(17)19/h5-12,34H,3-4,13H2,1-2H3,(H2,25,29). The lowest BCUT2D eigenvalue weighted by Gasteiger charge is -2.18. The number of phenols is 1. The summed E-state index contributed by atoms with van der Waals surface area (Å²) < 4.78 is 6.04. The maximum absolute atomic E-state index is 13.3. The zero-order chi connectivity index (χ0) is 25.2. The maximum Gasteiger partial charge on any atom is 0.317 e. The zero-order valence-electron chi connectivity index (χ0n) is 19.7. The Labute approximate surface area is 205 Å². The van der Waals surface area contributed by atoms with Gasteiger partial charge in [-0.15, -0.1) is 15.3 Å². The van der Waals surface area contributed by atoms with Crippen molar-refractivity contribution in [3.05, 3.63) is 59.9 Å². The topological polar surface area (TPSA) is 161 Å². The van der Waals surface area contributed by atoms with Gasteiger partial charge in [0.2, 0.25) is 11.6 Å². The molecule has 5 aromatic rings. The van der Waals surface area contributed by atoms with Crippen LogP contribution in [0.15, 0.2) is 63.4 Å². The maximum atomic E-state index is 13.3. The molecule has 36 heavy (non-hydrogen) atoms. The third kappa shape index (κ3) is 3.92. The molecule has 0 atom stereocenters. The van der Waals surface area contributed by atoms with E-state index in [1.165, 1.54) is 4.68 Å². The SMILES string of the molecule is CCN(CC)Cc1c(C(=O)N=Nc2c3ccccc3c(O)c3ccccc23)nnn1-c1nonc1N. The van der Waals surface area contributed by atoms with E-state index in [1.54, 1.807) is 12.1 Å². The first kappa shape index (κ1) is 23.1. The summed E-state index contributed by atoms with van der Waals surface area (Å²) in [6.07, 6.45) is 0. The Hall–Kier alpha value is -4.71. The number of fused-ring (bicyclic) bond motifs is 2. The zero-order valence-corrected chi connectivity index (χ0v) is 19.7. The van der Waals surface area contributed by atoms with E-state index in [2.05, 4.69) is 35.8 Å². The summed E-state index contributed by atoms with van der Waals surface area (Å²) in [5.41, 5.74) is 6.78. The largest absolute Gasteiger partial charge is 0.507 e. The molecule has 3 N–H and O–H groups in total. The first-order valence-electron chi connectivity index (χ1n) is 11.4. The molecule has 0 unspecified atom stereocenters. The second-order valence-electron chi connectivity index (χ2n) is 8.02. The number of aromatic nitrogens is 5. The van der Waals surface area contributed by atoms with Gasteiger partial charge in [0.15, 0.2) is 5.69 Å². The Bertz CT molecular complexity index is 1540. The van der Waals surface area contributed by atoms with Crippen molar-refractivity contribution < 1.29 is 14.5 Å². The van der Waals surface area contributed by atoms with Crippen LogP contribution in [-0.4, -0.2) is 54.3 Å². The number of benzene rings is 3. The van der Waals surface area contributed by atoms with Crippen molar-refractivity contribution in [2.75, 3.05) is 18.8 Å². The molecule has 0 saturated carbocycles. The lowest BCUT2D eigenvalue weighted by atomic mass is 10.00. The summed E-state index contributed by atoms with van der Waals surface area (Å²) >= 11 is 0. The molecule has 3 aromatic carbocycles. The lowest BCUT2D eigenvalue weighted by Crippen LogP contribution is -2.25. The molecule has 0 saturated heterocycles. The molecule has 0 spiro atoms. The van der Waals surface area contributed by atoms with Gasteiger partial charge in [0, 0.05) is 28.1 Å². The van der Waals surface area contributed by atoms with Gasteiger partial charge in [0.25, 0.3) is 0 Å². The molecule has 1 amide bonds. The fourth-order valence-corrected chi connectivity index (χ4v) is 4.11. The van der Waals surface area contributed by atoms with Crippen molar-refractivity contribution in [3.8, 4) is 11.6 Å². The molecule has 182 valence electrons. The average Bonchev–Trinajstić information content (AvgIpc) is 3.52. The van der Waals surface area contributed by atoms with Crippen molar-refractivity contribution >= 4 is 39.0 Å². The smallest absolute Gasteiger partial charge is 0.317 e. The first-order chi connectivity index (χ1) is 17.5. The molecule has 0 bridgehead atoms. The van der Waals surface area contributed by atoms with E-state index in [0.29, 0.717) is 39.5 Å². The van der Waals surface area contributed by atoms with Gasteiger partial charge in [-0.25, -0.2) is 4.63 Å². The number of nitrogen functional groups attached to an aromatic ring is 1. The van der Waals surface area contributed by atoms with Crippen molar-refractivity contribution in [2.45, 2.75) is 20.4 Å². The van der Waals surface area contributed by atoms with Crippen LogP contribution in [0.1, 0.15) is 30.0 Å². The minimum atomic E-state index is -0.681. The third-order valence-corrected chi connectivity index (χ3v) is 6.05. The molecular formula is C24H23N9O3. The van der Waals surface area contributed by atoms with Crippen LogP contribution in [0.4, 0.5) is 11.5 Å². The number of hydrogen-bond donors (Lipinski definition) is 2. The number of rotatable bonds is 7. The summed E-state index contributed by atoms with van der Waals surface area (Å²) in [5, 5.41) is 37.2. The summed E-state index contributed by atoms with van der Waals surface area (Å²) in [6, 6.07) is 14.6. The number of nitrogens with two attached hydrogens (primary N) is 1. The molecular weight excluding hydrogens is 462 g/mol. The molecule has 0 aliphatic rings. The van der Waals surface area contributed by atoms with E-state index in [9.17, 15) is 9.90 Å². The predicted octanol–water partition coefficient (Wildman–Crippen LogP) is 4.01. The number of amides is 1. The quantitative estimate of drug-likeness (QED) is 0.256. The number of aromatic hydroxyl groups is 1. The van der Waals surface area contributed by atoms with Crippen molar-refractivity contribution in [1.29, 1.82) is 0 Å². The lowest BCUT2D eigenvalue weighted by molar-refractivity contribution is 0.0988. The minimum absolute atomic E-state index is 0.0143. The second-order valence-corrected chi connectivity index (χ2v) is 8.02. The van der Waals surface area contributed by atoms with E-state index in [1.807, 2.05) is 50.2 Å². The van der Waals surface area contributed by atoms with Gasteiger partial charge >= 0.3 is 5.91 Å². The summed E-state index contributed by atoms with van der Waals surface area (Å²) in [4.78, 5) is 15.3. The molecule has 0 fully saturated rings. The van der Waals surface area contributed by atoms with Crippen LogP contribution < -0.4 is 5.73 Å². The minimum Gasteiger partial charge on any atom is -0.507 e. The highest BCUT2D eigenvalue weighted by Gasteiger charge is 2.25. The number of phenolic OH excluding ortho intramolecular Hbond substituents is 1. The summed E-state index contributed by atoms with van der Waals surface area (Å²) in [5.74, 6) is -0.381. The predicted molar refractivity (Wildman–Crippen MR) is 132 cm³/mol. The highest BCUT2D eigenvalue weighted by molar-refractivity contribution is 6.14. The molecule has 2 heterocycles. The van der Waals surface area contributed by atoms with Crippen LogP contribution in [-0.2, 0) is 6.54 Å². The molecule has 12 heteroatoms. The number of anilines is 1. The van der Waals surface area contributed by atoms with Crippen molar-refractivity contribution in [3.63, 3.8) is 0 Å². The van der Waals surface area contributed by atoms with Gasteiger partial charge in [-0.1, -0.05) is 67.6 Å². The van der Waals surface area contributed by atoms with Crippen LogP contribution in [0.3, 0.4) is 0 Å². The number of azo groups is 1. The Balaban J connectivity index is 1.61. The Morgan fingerprint density at radius 1 is 1.03 bits per heavy atom. The van der Waals surface area contributed by atoms with Crippen molar-refractivity contribution in [2.24, 2.45) is 10.2 Å². The molecule has 12 nitrogen and oxygen atoms in total. The van der Waals surface area contributed by atoms with Gasteiger partial charge in [-0.3, -0.25) is 9.69 Å². The highest BCUT2D eigenvalue weighted by atomic mass is 16.6. The Morgan fingerprint density at radius 3 is 2.19 bits per heavy atom.